The van der Waals surface area contributed by atoms with Gasteiger partial charge in [0, 0.05) is 17.5 Å². The minimum absolute atomic E-state index is 0.0188. The van der Waals surface area contributed by atoms with Gasteiger partial charge in [-0.15, -0.1) is 0 Å². The van der Waals surface area contributed by atoms with Crippen LogP contribution < -0.4 is 5.32 Å². The van der Waals surface area contributed by atoms with Crippen molar-refractivity contribution in [1.82, 2.24) is 9.97 Å². The van der Waals surface area contributed by atoms with Crippen molar-refractivity contribution in [2.75, 3.05) is 5.32 Å². The number of para-hydroxylation sites is 1. The predicted molar refractivity (Wildman–Crippen MR) is 78.3 cm³/mol. The summed E-state index contributed by atoms with van der Waals surface area (Å²) in [4.78, 5) is 7.08. The molecule has 0 unspecified atom stereocenters. The summed E-state index contributed by atoms with van der Waals surface area (Å²) in [5, 5.41) is 3.21. The van der Waals surface area contributed by atoms with Crippen LogP contribution in [-0.2, 0) is 12.7 Å². The Labute approximate surface area is 129 Å². The van der Waals surface area contributed by atoms with Crippen LogP contribution in [0.1, 0.15) is 11.4 Å². The molecule has 0 amide bonds. The first kappa shape index (κ1) is 15.2. The van der Waals surface area contributed by atoms with Gasteiger partial charge >= 0.3 is 6.18 Å². The first-order valence-electron chi connectivity index (χ1n) is 6.76. The summed E-state index contributed by atoms with van der Waals surface area (Å²) in [7, 11) is 0. The molecule has 1 aromatic heterocycles. The van der Waals surface area contributed by atoms with E-state index < -0.39 is 17.8 Å². The summed E-state index contributed by atoms with van der Waals surface area (Å²) in [6, 6.07) is 12.4. The van der Waals surface area contributed by atoms with E-state index in [9.17, 15) is 17.6 Å². The van der Waals surface area contributed by atoms with E-state index in [1.54, 1.807) is 36.4 Å². The van der Waals surface area contributed by atoms with E-state index in [0.29, 0.717) is 10.9 Å². The number of alkyl halides is 3. The molecule has 0 aliphatic carbocycles. The highest BCUT2D eigenvalue weighted by molar-refractivity contribution is 5.89. The fraction of sp³-hybridized carbons (Fsp3) is 0.125. The van der Waals surface area contributed by atoms with Crippen LogP contribution in [0.25, 0.3) is 10.9 Å². The number of aromatic nitrogens is 2. The lowest BCUT2D eigenvalue weighted by Gasteiger charge is -2.12. The minimum Gasteiger partial charge on any atom is -0.365 e. The number of halogens is 4. The van der Waals surface area contributed by atoms with Gasteiger partial charge in [-0.1, -0.05) is 30.3 Å². The Morgan fingerprint density at radius 3 is 2.35 bits per heavy atom. The van der Waals surface area contributed by atoms with Crippen molar-refractivity contribution in [3.05, 3.63) is 65.7 Å². The van der Waals surface area contributed by atoms with E-state index in [2.05, 4.69) is 15.3 Å². The SMILES string of the molecule is Fc1ccccc1CNc1nc(C(F)(F)F)nc2ccccc12. The van der Waals surface area contributed by atoms with Crippen molar-refractivity contribution in [3.8, 4) is 0 Å². The molecule has 23 heavy (non-hydrogen) atoms. The number of rotatable bonds is 3. The predicted octanol–water partition coefficient (Wildman–Crippen LogP) is 4.40. The Morgan fingerprint density at radius 2 is 1.61 bits per heavy atom. The highest BCUT2D eigenvalue weighted by atomic mass is 19.4. The monoisotopic (exact) mass is 321 g/mol. The van der Waals surface area contributed by atoms with Gasteiger partial charge in [-0.3, -0.25) is 0 Å². The Hall–Kier alpha value is -2.70. The highest BCUT2D eigenvalue weighted by Crippen LogP contribution is 2.30. The maximum Gasteiger partial charge on any atom is 0.451 e. The Bertz CT molecular complexity index is 846. The zero-order chi connectivity index (χ0) is 16.4. The second-order valence-electron chi connectivity index (χ2n) is 4.86. The largest absolute Gasteiger partial charge is 0.451 e. The topological polar surface area (TPSA) is 37.8 Å². The third kappa shape index (κ3) is 3.23. The smallest absolute Gasteiger partial charge is 0.365 e. The summed E-state index contributed by atoms with van der Waals surface area (Å²) < 4.78 is 52.4. The number of nitrogens with zero attached hydrogens (tertiary/aromatic N) is 2. The van der Waals surface area contributed by atoms with Crippen molar-refractivity contribution in [2.24, 2.45) is 0 Å². The van der Waals surface area contributed by atoms with Gasteiger partial charge in [-0.25, -0.2) is 14.4 Å². The quantitative estimate of drug-likeness (QED) is 0.727. The molecule has 0 fully saturated rings. The average molecular weight is 321 g/mol. The number of benzene rings is 2. The molecule has 0 saturated heterocycles. The molecule has 0 aliphatic rings. The maximum atomic E-state index is 13.6. The maximum absolute atomic E-state index is 13.6. The summed E-state index contributed by atoms with van der Waals surface area (Å²) in [6.07, 6.45) is -4.65. The van der Waals surface area contributed by atoms with Crippen LogP contribution in [-0.4, -0.2) is 9.97 Å². The second-order valence-corrected chi connectivity index (χ2v) is 4.86. The third-order valence-electron chi connectivity index (χ3n) is 3.26. The van der Waals surface area contributed by atoms with Crippen LogP contribution in [0.4, 0.5) is 23.4 Å². The number of anilines is 1. The Kier molecular flexibility index (Phi) is 3.85. The number of hydrogen-bond donors (Lipinski definition) is 1. The van der Waals surface area contributed by atoms with E-state index in [1.807, 2.05) is 0 Å². The average Bonchev–Trinajstić information content (AvgIpc) is 2.52. The van der Waals surface area contributed by atoms with Gasteiger partial charge in [0.1, 0.15) is 11.6 Å². The molecule has 0 radical (unpaired) electrons. The van der Waals surface area contributed by atoms with Crippen molar-refractivity contribution in [2.45, 2.75) is 12.7 Å². The zero-order valence-electron chi connectivity index (χ0n) is 11.7. The minimum atomic E-state index is -4.65. The summed E-state index contributed by atoms with van der Waals surface area (Å²) in [5.74, 6) is -1.65. The van der Waals surface area contributed by atoms with Crippen LogP contribution >= 0.6 is 0 Å². The molecule has 3 nitrogen and oxygen atoms in total. The Balaban J connectivity index is 2.00. The van der Waals surface area contributed by atoms with E-state index in [1.165, 1.54) is 12.1 Å². The van der Waals surface area contributed by atoms with Crippen molar-refractivity contribution in [3.63, 3.8) is 0 Å². The van der Waals surface area contributed by atoms with Crippen LogP contribution in [0.15, 0.2) is 48.5 Å². The lowest BCUT2D eigenvalue weighted by molar-refractivity contribution is -0.144. The van der Waals surface area contributed by atoms with E-state index in [0.717, 1.165) is 0 Å². The van der Waals surface area contributed by atoms with Gasteiger partial charge in [-0.05, 0) is 18.2 Å². The fourth-order valence-electron chi connectivity index (χ4n) is 2.16. The first-order valence-corrected chi connectivity index (χ1v) is 6.76. The molecule has 1 heterocycles. The second kappa shape index (κ2) is 5.83. The molecule has 0 atom stereocenters. The van der Waals surface area contributed by atoms with Crippen molar-refractivity contribution in [1.29, 1.82) is 0 Å². The van der Waals surface area contributed by atoms with Crippen LogP contribution in [0.3, 0.4) is 0 Å². The van der Waals surface area contributed by atoms with Crippen molar-refractivity contribution >= 4 is 16.7 Å². The van der Waals surface area contributed by atoms with Crippen molar-refractivity contribution < 1.29 is 17.6 Å². The number of hydrogen-bond acceptors (Lipinski definition) is 3. The number of fused-ring (bicyclic) bond motifs is 1. The molecular formula is C16H11F4N3. The summed E-state index contributed by atoms with van der Waals surface area (Å²) >= 11 is 0. The summed E-state index contributed by atoms with van der Waals surface area (Å²) in [5.41, 5.74) is 0.509. The lowest BCUT2D eigenvalue weighted by Crippen LogP contribution is -2.14. The van der Waals surface area contributed by atoms with E-state index in [4.69, 9.17) is 0 Å². The normalized spacial score (nSPS) is 11.7. The van der Waals surface area contributed by atoms with E-state index >= 15 is 0 Å². The fourth-order valence-corrected chi connectivity index (χ4v) is 2.16. The molecule has 2 aromatic carbocycles. The number of nitrogens with one attached hydrogen (secondary N) is 1. The van der Waals surface area contributed by atoms with Gasteiger partial charge < -0.3 is 5.32 Å². The zero-order valence-corrected chi connectivity index (χ0v) is 11.7. The molecule has 0 saturated carbocycles. The molecule has 0 aliphatic heterocycles. The molecule has 118 valence electrons. The third-order valence-corrected chi connectivity index (χ3v) is 3.26. The molecule has 1 N–H and O–H groups in total. The van der Waals surface area contributed by atoms with Crippen LogP contribution in [0, 0.1) is 5.82 Å². The molecular weight excluding hydrogens is 310 g/mol. The van der Waals surface area contributed by atoms with Gasteiger partial charge in [0.15, 0.2) is 0 Å². The highest BCUT2D eigenvalue weighted by Gasteiger charge is 2.35. The van der Waals surface area contributed by atoms with Gasteiger partial charge in [0.05, 0.1) is 5.52 Å². The van der Waals surface area contributed by atoms with Crippen LogP contribution in [0.5, 0.6) is 0 Å². The molecule has 0 bridgehead atoms. The molecule has 3 aromatic rings. The van der Waals surface area contributed by atoms with Gasteiger partial charge in [-0.2, -0.15) is 13.2 Å². The van der Waals surface area contributed by atoms with Crippen LogP contribution in [0.2, 0.25) is 0 Å². The molecule has 3 rings (SSSR count). The summed E-state index contributed by atoms with van der Waals surface area (Å²) in [6.45, 7) is 0.0188. The molecule has 0 spiro atoms. The lowest BCUT2D eigenvalue weighted by atomic mass is 10.2. The Morgan fingerprint density at radius 1 is 0.913 bits per heavy atom. The standard InChI is InChI=1S/C16H11F4N3/c17-12-7-3-1-5-10(12)9-21-14-11-6-2-4-8-13(11)22-15(23-14)16(18,19)20/h1-8H,9H2,(H,21,22,23). The first-order chi connectivity index (χ1) is 10.9. The van der Waals surface area contributed by atoms with Gasteiger partial charge in [0.2, 0.25) is 5.82 Å². The molecule has 7 heteroatoms. The van der Waals surface area contributed by atoms with Gasteiger partial charge in [0.25, 0.3) is 0 Å². The van der Waals surface area contributed by atoms with E-state index in [-0.39, 0.29) is 17.9 Å².